The van der Waals surface area contributed by atoms with Gasteiger partial charge in [0, 0.05) is 18.4 Å². The molecule has 21 heavy (non-hydrogen) atoms. The smallest absolute Gasteiger partial charge is 0.127 e. The van der Waals surface area contributed by atoms with Crippen LogP contribution in [-0.4, -0.2) is 9.55 Å². The summed E-state index contributed by atoms with van der Waals surface area (Å²) in [6, 6.07) is 0. The van der Waals surface area contributed by atoms with Crippen LogP contribution >= 0.6 is 0 Å². The minimum atomic E-state index is 0.616. The molecule has 0 bridgehead atoms. The van der Waals surface area contributed by atoms with Crippen LogP contribution in [0.3, 0.4) is 0 Å². The van der Waals surface area contributed by atoms with E-state index >= 15 is 0 Å². The van der Waals surface area contributed by atoms with Gasteiger partial charge in [-0.05, 0) is 32.1 Å². The van der Waals surface area contributed by atoms with Crippen molar-refractivity contribution in [3.05, 3.63) is 11.5 Å². The fraction of sp³-hybridized carbons (Fsp3) is 0.833. The lowest BCUT2D eigenvalue weighted by Gasteiger charge is -2.13. The summed E-state index contributed by atoms with van der Waals surface area (Å²) < 4.78 is 2.36. The first-order valence-electron chi connectivity index (χ1n) is 9.17. The zero-order valence-electron chi connectivity index (χ0n) is 13.6. The molecule has 0 unspecified atom stereocenters. The fourth-order valence-electron chi connectivity index (χ4n) is 4.31. The molecule has 1 heterocycles. The van der Waals surface area contributed by atoms with Crippen LogP contribution in [-0.2, 0) is 6.54 Å². The van der Waals surface area contributed by atoms with Gasteiger partial charge in [0.05, 0.1) is 5.69 Å². The number of hydrogen-bond donors (Lipinski definition) is 1. The summed E-state index contributed by atoms with van der Waals surface area (Å²) in [6.45, 7) is 3.28. The molecule has 0 aromatic carbocycles. The first-order chi connectivity index (χ1) is 10.3. The number of hydrogen-bond acceptors (Lipinski definition) is 2. The molecule has 0 amide bonds. The second kappa shape index (κ2) is 6.85. The molecule has 3 nitrogen and oxygen atoms in total. The number of anilines is 1. The van der Waals surface area contributed by atoms with E-state index in [2.05, 4.69) is 11.5 Å². The van der Waals surface area contributed by atoms with Gasteiger partial charge in [0.25, 0.3) is 0 Å². The average Bonchev–Trinajstić information content (AvgIpc) is 3.02. The maximum atomic E-state index is 6.54. The number of aromatic nitrogens is 2. The quantitative estimate of drug-likeness (QED) is 0.795. The predicted molar refractivity (Wildman–Crippen MR) is 88.6 cm³/mol. The van der Waals surface area contributed by atoms with Gasteiger partial charge in [-0.2, -0.15) is 0 Å². The molecule has 1 aromatic rings. The molecule has 0 saturated heterocycles. The number of nitrogens with two attached hydrogens (primary N) is 1. The number of rotatable bonds is 4. The zero-order chi connectivity index (χ0) is 14.7. The molecule has 0 spiro atoms. The van der Waals surface area contributed by atoms with Gasteiger partial charge in [0.1, 0.15) is 11.6 Å². The van der Waals surface area contributed by atoms with Crippen LogP contribution in [0.5, 0.6) is 0 Å². The summed E-state index contributed by atoms with van der Waals surface area (Å²) in [7, 11) is 0. The molecule has 0 aliphatic heterocycles. The monoisotopic (exact) mass is 289 g/mol. The molecule has 0 atom stereocenters. The molecule has 118 valence electrons. The highest BCUT2D eigenvalue weighted by molar-refractivity contribution is 5.41. The molecule has 2 N–H and O–H groups in total. The van der Waals surface area contributed by atoms with Gasteiger partial charge in [-0.3, -0.25) is 0 Å². The third kappa shape index (κ3) is 3.12. The maximum absolute atomic E-state index is 6.54. The van der Waals surface area contributed by atoms with Crippen molar-refractivity contribution in [2.75, 3.05) is 5.73 Å². The molecule has 2 aliphatic carbocycles. The van der Waals surface area contributed by atoms with Gasteiger partial charge >= 0.3 is 0 Å². The molecule has 2 aliphatic rings. The second-order valence-corrected chi connectivity index (χ2v) is 7.06. The summed E-state index contributed by atoms with van der Waals surface area (Å²) in [6.07, 6.45) is 14.6. The van der Waals surface area contributed by atoms with Gasteiger partial charge in [0.15, 0.2) is 0 Å². The largest absolute Gasteiger partial charge is 0.384 e. The van der Waals surface area contributed by atoms with Gasteiger partial charge in [-0.1, -0.05) is 45.4 Å². The van der Waals surface area contributed by atoms with E-state index in [0.717, 1.165) is 18.8 Å². The summed E-state index contributed by atoms with van der Waals surface area (Å²) >= 11 is 0. The van der Waals surface area contributed by atoms with Crippen molar-refractivity contribution in [1.29, 1.82) is 0 Å². The molecular weight excluding hydrogens is 258 g/mol. The van der Waals surface area contributed by atoms with Gasteiger partial charge in [-0.25, -0.2) is 4.98 Å². The second-order valence-electron chi connectivity index (χ2n) is 7.06. The topological polar surface area (TPSA) is 43.8 Å². The van der Waals surface area contributed by atoms with Crippen LogP contribution in [0.1, 0.15) is 101 Å². The highest BCUT2D eigenvalue weighted by atomic mass is 15.1. The Labute approximate surface area is 129 Å². The number of nitrogens with zero attached hydrogens (tertiary/aromatic N) is 2. The van der Waals surface area contributed by atoms with Gasteiger partial charge in [-0.15, -0.1) is 0 Å². The lowest BCUT2D eigenvalue weighted by atomic mass is 9.96. The Hall–Kier alpha value is -0.990. The zero-order valence-corrected chi connectivity index (χ0v) is 13.6. The van der Waals surface area contributed by atoms with E-state index in [-0.39, 0.29) is 0 Å². The Morgan fingerprint density at radius 3 is 2.14 bits per heavy atom. The van der Waals surface area contributed by atoms with Crippen LogP contribution in [0.25, 0.3) is 0 Å². The Morgan fingerprint density at radius 1 is 0.952 bits per heavy atom. The molecule has 2 saturated carbocycles. The van der Waals surface area contributed by atoms with Crippen molar-refractivity contribution in [3.63, 3.8) is 0 Å². The standard InChI is InChI=1S/C18H31N3/c1-2-13-21-17(19)16(14-9-5-3-4-6-10-14)20-18(21)15-11-7-8-12-15/h14-15H,2-13,19H2,1H3. The van der Waals surface area contributed by atoms with Crippen LogP contribution in [0, 0.1) is 0 Å². The lowest BCUT2D eigenvalue weighted by molar-refractivity contribution is 0.571. The number of nitrogen functional groups attached to an aromatic ring is 1. The molecular formula is C18H31N3. The van der Waals surface area contributed by atoms with E-state index in [1.807, 2.05) is 0 Å². The summed E-state index contributed by atoms with van der Waals surface area (Å²) in [4.78, 5) is 5.11. The van der Waals surface area contributed by atoms with E-state index in [4.69, 9.17) is 10.7 Å². The van der Waals surface area contributed by atoms with Crippen molar-refractivity contribution >= 4 is 5.82 Å². The van der Waals surface area contributed by atoms with Crippen molar-refractivity contribution in [1.82, 2.24) is 9.55 Å². The van der Waals surface area contributed by atoms with Crippen LogP contribution < -0.4 is 5.73 Å². The first kappa shape index (κ1) is 14.9. The Morgan fingerprint density at radius 2 is 1.52 bits per heavy atom. The summed E-state index contributed by atoms with van der Waals surface area (Å²) in [5.41, 5.74) is 7.78. The van der Waals surface area contributed by atoms with Crippen molar-refractivity contribution in [3.8, 4) is 0 Å². The van der Waals surface area contributed by atoms with E-state index in [0.29, 0.717) is 11.8 Å². The van der Waals surface area contributed by atoms with Gasteiger partial charge < -0.3 is 10.3 Å². The fourth-order valence-corrected chi connectivity index (χ4v) is 4.31. The Kier molecular flexibility index (Phi) is 4.87. The van der Waals surface area contributed by atoms with Crippen molar-refractivity contribution in [2.45, 2.75) is 95.9 Å². The van der Waals surface area contributed by atoms with Gasteiger partial charge in [0.2, 0.25) is 0 Å². The first-order valence-corrected chi connectivity index (χ1v) is 9.17. The SMILES string of the molecule is CCCn1c(C2CCCC2)nc(C2CCCCCC2)c1N. The molecule has 2 fully saturated rings. The van der Waals surface area contributed by atoms with Crippen LogP contribution in [0.15, 0.2) is 0 Å². The molecule has 1 aromatic heterocycles. The van der Waals surface area contributed by atoms with E-state index in [1.165, 1.54) is 75.7 Å². The molecule has 3 rings (SSSR count). The maximum Gasteiger partial charge on any atom is 0.127 e. The molecule has 3 heteroatoms. The van der Waals surface area contributed by atoms with E-state index < -0.39 is 0 Å². The van der Waals surface area contributed by atoms with Crippen molar-refractivity contribution < 1.29 is 0 Å². The minimum absolute atomic E-state index is 0.616. The third-order valence-corrected chi connectivity index (χ3v) is 5.47. The third-order valence-electron chi connectivity index (χ3n) is 5.47. The molecule has 0 radical (unpaired) electrons. The average molecular weight is 289 g/mol. The summed E-state index contributed by atoms with van der Waals surface area (Å²) in [5, 5.41) is 0. The van der Waals surface area contributed by atoms with E-state index in [9.17, 15) is 0 Å². The number of imidazole rings is 1. The highest BCUT2D eigenvalue weighted by Crippen LogP contribution is 2.39. The Balaban J connectivity index is 1.90. The normalized spacial score (nSPS) is 21.8. The summed E-state index contributed by atoms with van der Waals surface area (Å²) in [5.74, 6) is 3.58. The van der Waals surface area contributed by atoms with Crippen molar-refractivity contribution in [2.24, 2.45) is 0 Å². The van der Waals surface area contributed by atoms with E-state index in [1.54, 1.807) is 0 Å². The predicted octanol–water partition coefficient (Wildman–Crippen LogP) is 4.97. The Bertz CT molecular complexity index is 449. The highest BCUT2D eigenvalue weighted by Gasteiger charge is 2.28. The van der Waals surface area contributed by atoms with Crippen LogP contribution in [0.4, 0.5) is 5.82 Å². The van der Waals surface area contributed by atoms with Crippen LogP contribution in [0.2, 0.25) is 0 Å². The lowest BCUT2D eigenvalue weighted by Crippen LogP contribution is -2.10. The minimum Gasteiger partial charge on any atom is -0.384 e.